The van der Waals surface area contributed by atoms with E-state index < -0.39 is 0 Å². The minimum Gasteiger partial charge on any atom is -0.465 e. The van der Waals surface area contributed by atoms with Crippen molar-refractivity contribution in [3.63, 3.8) is 0 Å². The van der Waals surface area contributed by atoms with Gasteiger partial charge in [-0.15, -0.1) is 0 Å². The molecule has 0 bridgehead atoms. The smallest absolute Gasteiger partial charge is 0.320 e. The Morgan fingerprint density at radius 1 is 1.24 bits per heavy atom. The van der Waals surface area contributed by atoms with E-state index in [0.29, 0.717) is 13.2 Å². The van der Waals surface area contributed by atoms with Gasteiger partial charge in [-0.1, -0.05) is 30.3 Å². The monoisotopic (exact) mass is 290 g/mol. The highest BCUT2D eigenvalue weighted by Gasteiger charge is 2.16. The zero-order valence-corrected chi connectivity index (χ0v) is 13.0. The summed E-state index contributed by atoms with van der Waals surface area (Å²) in [6.07, 6.45) is 2.60. The molecule has 1 aromatic carbocycles. The van der Waals surface area contributed by atoms with Gasteiger partial charge in [0.05, 0.1) is 13.2 Å². The minimum absolute atomic E-state index is 0.130. The molecule has 0 radical (unpaired) electrons. The van der Waals surface area contributed by atoms with Gasteiger partial charge in [0.2, 0.25) is 0 Å². The quantitative estimate of drug-likeness (QED) is 0.687. The summed E-state index contributed by atoms with van der Waals surface area (Å²) in [4.78, 5) is 16.4. The van der Waals surface area contributed by atoms with E-state index in [1.165, 1.54) is 31.5 Å². The van der Waals surface area contributed by atoms with Crippen LogP contribution in [0.15, 0.2) is 30.3 Å². The van der Waals surface area contributed by atoms with Crippen LogP contribution in [0.3, 0.4) is 0 Å². The molecule has 1 aromatic rings. The molecule has 1 fully saturated rings. The standard InChI is InChI=1S/C17H26N2O2/c1-2-21-17(20)15-19(13-12-18-10-6-7-11-18)14-16-8-4-3-5-9-16/h3-5,8-9H,2,6-7,10-15H2,1H3. The first-order chi connectivity index (χ1) is 10.3. The molecule has 21 heavy (non-hydrogen) atoms. The average Bonchev–Trinajstić information content (AvgIpc) is 2.99. The van der Waals surface area contributed by atoms with Gasteiger partial charge in [0, 0.05) is 19.6 Å². The highest BCUT2D eigenvalue weighted by Crippen LogP contribution is 2.09. The Kier molecular flexibility index (Phi) is 6.70. The number of rotatable bonds is 8. The molecule has 0 amide bonds. The molecule has 1 aliphatic rings. The molecular weight excluding hydrogens is 264 g/mol. The predicted octanol–water partition coefficient (Wildman–Crippen LogP) is 2.15. The zero-order chi connectivity index (χ0) is 14.9. The van der Waals surface area contributed by atoms with Crippen LogP contribution in [0.25, 0.3) is 0 Å². The Labute approximate surface area is 127 Å². The number of esters is 1. The largest absolute Gasteiger partial charge is 0.465 e. The normalized spacial score (nSPS) is 15.5. The van der Waals surface area contributed by atoms with Crippen LogP contribution in [0.5, 0.6) is 0 Å². The van der Waals surface area contributed by atoms with Gasteiger partial charge in [0.15, 0.2) is 0 Å². The van der Waals surface area contributed by atoms with Crippen molar-refractivity contribution in [2.75, 3.05) is 39.3 Å². The van der Waals surface area contributed by atoms with Crippen molar-refractivity contribution in [2.24, 2.45) is 0 Å². The van der Waals surface area contributed by atoms with Crippen LogP contribution in [0.2, 0.25) is 0 Å². The third-order valence-corrected chi connectivity index (χ3v) is 3.84. The Balaban J connectivity index is 1.87. The molecule has 0 N–H and O–H groups in total. The van der Waals surface area contributed by atoms with Gasteiger partial charge in [-0.2, -0.15) is 0 Å². The lowest BCUT2D eigenvalue weighted by atomic mass is 10.2. The summed E-state index contributed by atoms with van der Waals surface area (Å²) in [6.45, 7) is 7.80. The average molecular weight is 290 g/mol. The van der Waals surface area contributed by atoms with E-state index in [-0.39, 0.29) is 5.97 Å². The van der Waals surface area contributed by atoms with Gasteiger partial charge in [-0.25, -0.2) is 0 Å². The molecule has 0 saturated carbocycles. The lowest BCUT2D eigenvalue weighted by molar-refractivity contribution is -0.144. The second-order valence-electron chi connectivity index (χ2n) is 5.55. The van der Waals surface area contributed by atoms with E-state index in [2.05, 4.69) is 21.9 Å². The molecule has 0 unspecified atom stereocenters. The summed E-state index contributed by atoms with van der Waals surface area (Å²) < 4.78 is 5.09. The molecule has 4 heteroatoms. The Morgan fingerprint density at radius 3 is 2.62 bits per heavy atom. The SMILES string of the molecule is CCOC(=O)CN(CCN1CCCC1)Cc1ccccc1. The Hall–Kier alpha value is -1.39. The molecule has 1 aliphatic heterocycles. The number of carbonyl (C=O) groups is 1. The van der Waals surface area contributed by atoms with Gasteiger partial charge in [0.1, 0.15) is 0 Å². The van der Waals surface area contributed by atoms with E-state index in [0.717, 1.165) is 19.6 Å². The lowest BCUT2D eigenvalue weighted by Crippen LogP contribution is -2.37. The number of carbonyl (C=O) groups excluding carboxylic acids is 1. The maximum absolute atomic E-state index is 11.8. The van der Waals surface area contributed by atoms with E-state index in [1.54, 1.807) is 0 Å². The summed E-state index contributed by atoms with van der Waals surface area (Å²) in [5.74, 6) is -0.130. The molecule has 0 aromatic heterocycles. The molecule has 1 heterocycles. The van der Waals surface area contributed by atoms with Crippen LogP contribution < -0.4 is 0 Å². The molecule has 2 rings (SSSR count). The molecule has 0 aliphatic carbocycles. The first-order valence-electron chi connectivity index (χ1n) is 7.92. The summed E-state index contributed by atoms with van der Waals surface area (Å²) in [5.41, 5.74) is 1.24. The number of ether oxygens (including phenoxy) is 1. The van der Waals surface area contributed by atoms with Gasteiger partial charge in [-0.3, -0.25) is 9.69 Å². The van der Waals surface area contributed by atoms with Gasteiger partial charge >= 0.3 is 5.97 Å². The van der Waals surface area contributed by atoms with Gasteiger partial charge in [-0.05, 0) is 38.4 Å². The number of nitrogens with zero attached hydrogens (tertiary/aromatic N) is 2. The van der Waals surface area contributed by atoms with Gasteiger partial charge < -0.3 is 9.64 Å². The summed E-state index contributed by atoms with van der Waals surface area (Å²) >= 11 is 0. The van der Waals surface area contributed by atoms with Crippen LogP contribution >= 0.6 is 0 Å². The Bertz CT molecular complexity index is 416. The number of hydrogen-bond acceptors (Lipinski definition) is 4. The molecule has 4 nitrogen and oxygen atoms in total. The summed E-state index contributed by atoms with van der Waals surface area (Å²) in [7, 11) is 0. The van der Waals surface area contributed by atoms with Crippen LogP contribution in [0, 0.1) is 0 Å². The first-order valence-corrected chi connectivity index (χ1v) is 7.92. The zero-order valence-electron chi connectivity index (χ0n) is 13.0. The molecule has 0 spiro atoms. The van der Waals surface area contributed by atoms with E-state index in [1.807, 2.05) is 25.1 Å². The summed E-state index contributed by atoms with van der Waals surface area (Å²) in [6, 6.07) is 10.3. The first kappa shape index (κ1) is 16.0. The van der Waals surface area contributed by atoms with Crippen molar-refractivity contribution >= 4 is 5.97 Å². The van der Waals surface area contributed by atoms with Crippen molar-refractivity contribution in [2.45, 2.75) is 26.3 Å². The van der Waals surface area contributed by atoms with Crippen LogP contribution in [-0.4, -0.2) is 55.1 Å². The van der Waals surface area contributed by atoms with Crippen molar-refractivity contribution in [3.05, 3.63) is 35.9 Å². The molecular formula is C17H26N2O2. The maximum Gasteiger partial charge on any atom is 0.320 e. The number of benzene rings is 1. The van der Waals surface area contributed by atoms with Crippen LogP contribution in [0.4, 0.5) is 0 Å². The topological polar surface area (TPSA) is 32.8 Å². The molecule has 0 atom stereocenters. The third-order valence-electron chi connectivity index (χ3n) is 3.84. The van der Waals surface area contributed by atoms with E-state index in [4.69, 9.17) is 4.74 Å². The van der Waals surface area contributed by atoms with Gasteiger partial charge in [0.25, 0.3) is 0 Å². The fourth-order valence-corrected chi connectivity index (χ4v) is 2.73. The predicted molar refractivity (Wildman–Crippen MR) is 84.0 cm³/mol. The highest BCUT2D eigenvalue weighted by atomic mass is 16.5. The van der Waals surface area contributed by atoms with Crippen LogP contribution in [0.1, 0.15) is 25.3 Å². The number of hydrogen-bond donors (Lipinski definition) is 0. The molecule has 116 valence electrons. The number of likely N-dealkylation sites (tertiary alicyclic amines) is 1. The second kappa shape index (κ2) is 8.80. The van der Waals surface area contributed by atoms with Crippen molar-refractivity contribution in [1.29, 1.82) is 0 Å². The van der Waals surface area contributed by atoms with Crippen molar-refractivity contribution in [1.82, 2.24) is 9.80 Å². The Morgan fingerprint density at radius 2 is 1.95 bits per heavy atom. The third kappa shape index (κ3) is 5.86. The second-order valence-corrected chi connectivity index (χ2v) is 5.55. The minimum atomic E-state index is -0.130. The van der Waals surface area contributed by atoms with Crippen LogP contribution in [-0.2, 0) is 16.1 Å². The van der Waals surface area contributed by atoms with E-state index >= 15 is 0 Å². The van der Waals surface area contributed by atoms with Crippen molar-refractivity contribution in [3.8, 4) is 0 Å². The maximum atomic E-state index is 11.8. The lowest BCUT2D eigenvalue weighted by Gasteiger charge is -2.24. The highest BCUT2D eigenvalue weighted by molar-refractivity contribution is 5.71. The fourth-order valence-electron chi connectivity index (χ4n) is 2.73. The summed E-state index contributed by atoms with van der Waals surface area (Å²) in [5, 5.41) is 0. The fraction of sp³-hybridized carbons (Fsp3) is 0.588. The van der Waals surface area contributed by atoms with Crippen molar-refractivity contribution < 1.29 is 9.53 Å². The molecule has 1 saturated heterocycles. The van der Waals surface area contributed by atoms with E-state index in [9.17, 15) is 4.79 Å².